The summed E-state index contributed by atoms with van der Waals surface area (Å²) in [7, 11) is 0. The number of fused-ring (bicyclic) bond motifs is 1. The summed E-state index contributed by atoms with van der Waals surface area (Å²) < 4.78 is 15.0. The summed E-state index contributed by atoms with van der Waals surface area (Å²) in [5.41, 5.74) is 0.963. The van der Waals surface area contributed by atoms with E-state index in [1.807, 2.05) is 0 Å². The molecule has 3 rings (SSSR count). The lowest BCUT2D eigenvalue weighted by atomic mass is 10.0. The molecule has 0 atom stereocenters. The zero-order valence-corrected chi connectivity index (χ0v) is 13.6. The van der Waals surface area contributed by atoms with E-state index in [9.17, 15) is 9.18 Å². The highest BCUT2D eigenvalue weighted by Gasteiger charge is 2.14. The molecule has 3 aromatic rings. The Kier molecular flexibility index (Phi) is 4.57. The van der Waals surface area contributed by atoms with E-state index in [0.29, 0.717) is 28.1 Å². The summed E-state index contributed by atoms with van der Waals surface area (Å²) in [5, 5.41) is 6.28. The Balaban J connectivity index is 2.11. The first-order chi connectivity index (χ1) is 11.6. The number of carbonyl (C=O) groups excluding carboxylic acids is 1. The number of carbonyl (C=O) groups is 1. The molecule has 0 radical (unpaired) electrons. The van der Waals surface area contributed by atoms with Crippen LogP contribution in [0.5, 0.6) is 0 Å². The Hall–Kier alpha value is -2.73. The predicted octanol–water partition coefficient (Wildman–Crippen LogP) is 4.23. The van der Waals surface area contributed by atoms with Crippen molar-refractivity contribution >= 4 is 34.2 Å². The molecule has 1 aromatic carbocycles. The van der Waals surface area contributed by atoms with Gasteiger partial charge in [-0.3, -0.25) is 10.3 Å². The highest BCUT2D eigenvalue weighted by Crippen LogP contribution is 2.34. The van der Waals surface area contributed by atoms with E-state index in [1.54, 1.807) is 37.5 Å². The lowest BCUT2D eigenvalue weighted by Gasteiger charge is -2.11. The Morgan fingerprint density at radius 3 is 2.83 bits per heavy atom. The molecule has 24 heavy (non-hydrogen) atoms. The largest absolute Gasteiger partial charge is 0.338 e. The molecule has 0 aliphatic rings. The molecule has 2 amide bonds. The van der Waals surface area contributed by atoms with Crippen molar-refractivity contribution in [1.29, 1.82) is 0 Å². The Labute approximate surface area is 142 Å². The first-order valence-electron chi connectivity index (χ1n) is 7.33. The van der Waals surface area contributed by atoms with Gasteiger partial charge in [-0.2, -0.15) is 0 Å². The van der Waals surface area contributed by atoms with Gasteiger partial charge in [0.1, 0.15) is 11.6 Å². The molecule has 0 saturated heterocycles. The van der Waals surface area contributed by atoms with Crippen LogP contribution in [-0.2, 0) is 0 Å². The average Bonchev–Trinajstić information content (AvgIpc) is 2.59. The maximum Gasteiger partial charge on any atom is 0.320 e. The number of nitrogens with one attached hydrogen (secondary N) is 2. The number of hydrogen-bond donors (Lipinski definition) is 2. The Bertz CT molecular complexity index is 902. The van der Waals surface area contributed by atoms with E-state index < -0.39 is 11.8 Å². The number of hydrogen-bond acceptors (Lipinski definition) is 3. The fourth-order valence-corrected chi connectivity index (χ4v) is 2.62. The third-order valence-corrected chi connectivity index (χ3v) is 3.77. The second-order valence-corrected chi connectivity index (χ2v) is 5.47. The highest BCUT2D eigenvalue weighted by molar-refractivity contribution is 6.36. The fraction of sp³-hybridized carbons (Fsp3) is 0.118. The number of halogens is 2. The number of benzene rings is 1. The molecule has 0 aliphatic carbocycles. The van der Waals surface area contributed by atoms with Crippen molar-refractivity contribution in [1.82, 2.24) is 15.3 Å². The summed E-state index contributed by atoms with van der Waals surface area (Å²) >= 11 is 6.27. The van der Waals surface area contributed by atoms with Crippen molar-refractivity contribution in [2.24, 2.45) is 0 Å². The average molecular weight is 345 g/mol. The van der Waals surface area contributed by atoms with E-state index in [-0.39, 0.29) is 11.2 Å². The minimum Gasteiger partial charge on any atom is -0.338 e. The number of pyridine rings is 2. The van der Waals surface area contributed by atoms with E-state index in [4.69, 9.17) is 11.6 Å². The van der Waals surface area contributed by atoms with E-state index in [0.717, 1.165) is 0 Å². The van der Waals surface area contributed by atoms with Crippen LogP contribution in [0.15, 0.2) is 42.9 Å². The molecule has 122 valence electrons. The molecule has 0 bridgehead atoms. The summed E-state index contributed by atoms with van der Waals surface area (Å²) in [4.78, 5) is 19.7. The van der Waals surface area contributed by atoms with Crippen molar-refractivity contribution in [3.8, 4) is 11.1 Å². The third kappa shape index (κ3) is 3.14. The Morgan fingerprint density at radius 2 is 2.12 bits per heavy atom. The van der Waals surface area contributed by atoms with Crippen LogP contribution in [0.3, 0.4) is 0 Å². The zero-order chi connectivity index (χ0) is 17.1. The summed E-state index contributed by atoms with van der Waals surface area (Å²) in [6.45, 7) is 2.28. The molecular formula is C17H14ClFN4O. The molecular weight excluding hydrogens is 331 g/mol. The maximum absolute atomic E-state index is 15.0. The first-order valence-corrected chi connectivity index (χ1v) is 7.71. The topological polar surface area (TPSA) is 66.9 Å². The van der Waals surface area contributed by atoms with Gasteiger partial charge in [0.25, 0.3) is 0 Å². The number of anilines is 1. The molecule has 5 nitrogen and oxygen atoms in total. The minimum atomic E-state index is -0.441. The third-order valence-electron chi connectivity index (χ3n) is 3.46. The van der Waals surface area contributed by atoms with Crippen molar-refractivity contribution in [3.05, 3.63) is 53.7 Å². The van der Waals surface area contributed by atoms with Crippen LogP contribution < -0.4 is 10.6 Å². The van der Waals surface area contributed by atoms with Gasteiger partial charge in [0, 0.05) is 47.0 Å². The molecule has 2 heterocycles. The molecule has 2 N–H and O–H groups in total. The lowest BCUT2D eigenvalue weighted by Crippen LogP contribution is -2.28. The van der Waals surface area contributed by atoms with Crippen molar-refractivity contribution in [3.63, 3.8) is 0 Å². The van der Waals surface area contributed by atoms with Crippen molar-refractivity contribution in [2.75, 3.05) is 11.9 Å². The predicted molar refractivity (Wildman–Crippen MR) is 92.6 cm³/mol. The van der Waals surface area contributed by atoms with Crippen LogP contribution in [0.2, 0.25) is 5.02 Å². The molecule has 2 aromatic heterocycles. The second kappa shape index (κ2) is 6.80. The van der Waals surface area contributed by atoms with Gasteiger partial charge in [-0.15, -0.1) is 0 Å². The van der Waals surface area contributed by atoms with Crippen LogP contribution in [-0.4, -0.2) is 22.5 Å². The second-order valence-electron chi connectivity index (χ2n) is 5.06. The van der Waals surface area contributed by atoms with Gasteiger partial charge in [-0.05, 0) is 25.1 Å². The summed E-state index contributed by atoms with van der Waals surface area (Å²) in [6.07, 6.45) is 4.62. The van der Waals surface area contributed by atoms with Crippen LogP contribution in [0.4, 0.5) is 15.0 Å². The quantitative estimate of drug-likeness (QED) is 0.747. The first kappa shape index (κ1) is 16.1. The molecule has 7 heteroatoms. The fourth-order valence-electron chi connectivity index (χ4n) is 2.36. The molecule has 0 aliphatic heterocycles. The van der Waals surface area contributed by atoms with Gasteiger partial charge < -0.3 is 5.32 Å². The SMILES string of the molecule is CCNC(=O)Nc1cc2c(F)c(-c3cccnc3)cc(Cl)c2cn1. The van der Waals surface area contributed by atoms with Gasteiger partial charge in [0.2, 0.25) is 0 Å². The monoisotopic (exact) mass is 344 g/mol. The van der Waals surface area contributed by atoms with E-state index in [2.05, 4.69) is 20.6 Å². The number of aromatic nitrogens is 2. The van der Waals surface area contributed by atoms with Crippen LogP contribution >= 0.6 is 11.6 Å². The number of urea groups is 1. The molecule has 0 unspecified atom stereocenters. The number of nitrogens with zero attached hydrogens (tertiary/aromatic N) is 2. The van der Waals surface area contributed by atoms with Gasteiger partial charge in [-0.1, -0.05) is 17.7 Å². The van der Waals surface area contributed by atoms with Gasteiger partial charge >= 0.3 is 6.03 Å². The lowest BCUT2D eigenvalue weighted by molar-refractivity contribution is 0.252. The van der Waals surface area contributed by atoms with Crippen molar-refractivity contribution < 1.29 is 9.18 Å². The van der Waals surface area contributed by atoms with Crippen LogP contribution in [0, 0.1) is 5.82 Å². The normalized spacial score (nSPS) is 10.6. The minimum absolute atomic E-state index is 0.242. The summed E-state index contributed by atoms with van der Waals surface area (Å²) in [5.74, 6) is -0.199. The number of amides is 2. The maximum atomic E-state index is 15.0. The highest BCUT2D eigenvalue weighted by atomic mass is 35.5. The van der Waals surface area contributed by atoms with Gasteiger partial charge in [0.15, 0.2) is 0 Å². The smallest absolute Gasteiger partial charge is 0.320 e. The molecule has 0 fully saturated rings. The zero-order valence-electron chi connectivity index (χ0n) is 12.8. The van der Waals surface area contributed by atoms with E-state index >= 15 is 0 Å². The van der Waals surface area contributed by atoms with Crippen molar-refractivity contribution in [2.45, 2.75) is 6.92 Å². The Morgan fingerprint density at radius 1 is 1.29 bits per heavy atom. The van der Waals surface area contributed by atoms with Crippen LogP contribution in [0.1, 0.15) is 6.92 Å². The molecule has 0 spiro atoms. The number of rotatable bonds is 3. The standard InChI is InChI=1S/C17H14ClFN4O/c1-2-21-17(24)23-15-7-12-13(9-22-15)14(18)6-11(16(12)19)10-4-3-5-20-8-10/h3-9H,2H2,1H3,(H2,21,22,23,24). The summed E-state index contributed by atoms with van der Waals surface area (Å²) in [6, 6.07) is 6.09. The van der Waals surface area contributed by atoms with Gasteiger partial charge in [-0.25, -0.2) is 14.2 Å². The molecule has 0 saturated carbocycles. The van der Waals surface area contributed by atoms with Gasteiger partial charge in [0.05, 0.1) is 5.02 Å². The van der Waals surface area contributed by atoms with E-state index in [1.165, 1.54) is 12.3 Å². The van der Waals surface area contributed by atoms with Crippen LogP contribution in [0.25, 0.3) is 21.9 Å².